The number of ether oxygens (including phenoxy) is 1. The molecule has 0 aromatic heterocycles. The highest BCUT2D eigenvalue weighted by atomic mass is 79.9. The SMILES string of the molecule is CCCCOC(=O)C(C)(C)Br. The fraction of sp³-hybridized carbons (Fsp3) is 0.875. The molecular formula is C8H15BrO2. The Morgan fingerprint density at radius 1 is 1.55 bits per heavy atom. The number of unbranched alkanes of at least 4 members (excludes halogenated alkanes) is 1. The van der Waals surface area contributed by atoms with Gasteiger partial charge in [0.2, 0.25) is 0 Å². The molecule has 0 aliphatic rings. The van der Waals surface area contributed by atoms with Crippen molar-refractivity contribution in [1.29, 1.82) is 0 Å². The maximum Gasteiger partial charge on any atom is 0.322 e. The smallest absolute Gasteiger partial charge is 0.322 e. The molecule has 11 heavy (non-hydrogen) atoms. The van der Waals surface area contributed by atoms with E-state index in [0.717, 1.165) is 12.8 Å². The maximum absolute atomic E-state index is 11.1. The second-order valence-electron chi connectivity index (χ2n) is 2.96. The summed E-state index contributed by atoms with van der Waals surface area (Å²) in [4.78, 5) is 11.1. The summed E-state index contributed by atoms with van der Waals surface area (Å²) in [5.74, 6) is -0.189. The molecule has 0 N–H and O–H groups in total. The van der Waals surface area contributed by atoms with Gasteiger partial charge in [-0.2, -0.15) is 0 Å². The van der Waals surface area contributed by atoms with Crippen molar-refractivity contribution >= 4 is 21.9 Å². The first-order valence-electron chi connectivity index (χ1n) is 3.84. The summed E-state index contributed by atoms with van der Waals surface area (Å²) in [5.41, 5.74) is 0. The van der Waals surface area contributed by atoms with E-state index in [0.29, 0.717) is 6.61 Å². The minimum Gasteiger partial charge on any atom is -0.465 e. The van der Waals surface area contributed by atoms with Crippen LogP contribution in [0, 0.1) is 0 Å². The Morgan fingerprint density at radius 2 is 2.09 bits per heavy atom. The van der Waals surface area contributed by atoms with Crippen LogP contribution in [0.2, 0.25) is 0 Å². The third-order valence-electron chi connectivity index (χ3n) is 1.22. The first-order valence-corrected chi connectivity index (χ1v) is 4.64. The average molecular weight is 223 g/mol. The zero-order valence-corrected chi connectivity index (χ0v) is 8.90. The predicted octanol–water partition coefficient (Wildman–Crippen LogP) is 2.50. The van der Waals surface area contributed by atoms with Gasteiger partial charge in [0, 0.05) is 0 Å². The van der Waals surface area contributed by atoms with Crippen molar-refractivity contribution < 1.29 is 9.53 Å². The summed E-state index contributed by atoms with van der Waals surface area (Å²) in [6.07, 6.45) is 1.99. The van der Waals surface area contributed by atoms with Crippen molar-refractivity contribution in [1.82, 2.24) is 0 Å². The molecule has 0 aliphatic carbocycles. The first-order chi connectivity index (χ1) is 4.98. The summed E-state index contributed by atoms with van der Waals surface area (Å²) in [6.45, 7) is 6.15. The lowest BCUT2D eigenvalue weighted by molar-refractivity contribution is -0.145. The van der Waals surface area contributed by atoms with Crippen LogP contribution in [0.4, 0.5) is 0 Å². The van der Waals surface area contributed by atoms with Crippen molar-refractivity contribution in [3.05, 3.63) is 0 Å². The topological polar surface area (TPSA) is 26.3 Å². The normalized spacial score (nSPS) is 11.3. The van der Waals surface area contributed by atoms with Gasteiger partial charge in [0.25, 0.3) is 0 Å². The molecule has 0 saturated carbocycles. The number of halogens is 1. The predicted molar refractivity (Wildman–Crippen MR) is 48.9 cm³/mol. The lowest BCUT2D eigenvalue weighted by Gasteiger charge is -2.14. The van der Waals surface area contributed by atoms with E-state index in [1.807, 2.05) is 0 Å². The maximum atomic E-state index is 11.1. The highest BCUT2D eigenvalue weighted by molar-refractivity contribution is 9.10. The molecule has 0 rings (SSSR count). The lowest BCUT2D eigenvalue weighted by Crippen LogP contribution is -2.26. The van der Waals surface area contributed by atoms with Gasteiger partial charge in [0.05, 0.1) is 6.61 Å². The molecule has 0 atom stereocenters. The molecule has 0 saturated heterocycles. The number of rotatable bonds is 4. The van der Waals surface area contributed by atoms with Crippen LogP contribution in [0.15, 0.2) is 0 Å². The monoisotopic (exact) mass is 222 g/mol. The molecule has 0 aliphatic heterocycles. The Morgan fingerprint density at radius 3 is 2.45 bits per heavy atom. The second-order valence-corrected chi connectivity index (χ2v) is 4.94. The summed E-state index contributed by atoms with van der Waals surface area (Å²) in [7, 11) is 0. The Balaban J connectivity index is 3.54. The van der Waals surface area contributed by atoms with Crippen molar-refractivity contribution in [3.63, 3.8) is 0 Å². The largest absolute Gasteiger partial charge is 0.465 e. The van der Waals surface area contributed by atoms with Crippen LogP contribution in [-0.2, 0) is 9.53 Å². The molecule has 3 heteroatoms. The van der Waals surface area contributed by atoms with Crippen LogP contribution >= 0.6 is 15.9 Å². The number of esters is 1. The number of hydrogen-bond donors (Lipinski definition) is 0. The molecule has 0 bridgehead atoms. The van der Waals surface area contributed by atoms with Crippen molar-refractivity contribution in [2.45, 2.75) is 37.9 Å². The number of carbonyl (C=O) groups is 1. The Kier molecular flexibility index (Phi) is 4.73. The Labute approximate surface area is 76.4 Å². The van der Waals surface area contributed by atoms with Gasteiger partial charge in [-0.15, -0.1) is 0 Å². The van der Waals surface area contributed by atoms with E-state index >= 15 is 0 Å². The van der Waals surface area contributed by atoms with Gasteiger partial charge < -0.3 is 4.74 Å². The third-order valence-corrected chi connectivity index (χ3v) is 1.54. The molecule has 2 nitrogen and oxygen atoms in total. The van der Waals surface area contributed by atoms with Crippen molar-refractivity contribution in [2.24, 2.45) is 0 Å². The van der Waals surface area contributed by atoms with E-state index in [1.54, 1.807) is 13.8 Å². The summed E-state index contributed by atoms with van der Waals surface area (Å²) in [6, 6.07) is 0. The van der Waals surface area contributed by atoms with E-state index in [-0.39, 0.29) is 5.97 Å². The molecule has 0 radical (unpaired) electrons. The van der Waals surface area contributed by atoms with Gasteiger partial charge in [-0.1, -0.05) is 29.3 Å². The van der Waals surface area contributed by atoms with Crippen LogP contribution < -0.4 is 0 Å². The molecule has 0 amide bonds. The molecule has 0 heterocycles. The molecule has 0 spiro atoms. The molecule has 0 unspecified atom stereocenters. The standard InChI is InChI=1S/C8H15BrO2/c1-4-5-6-11-7(10)8(2,3)9/h4-6H2,1-3H3. The van der Waals surface area contributed by atoms with Crippen LogP contribution in [0.25, 0.3) is 0 Å². The van der Waals surface area contributed by atoms with Crippen molar-refractivity contribution in [2.75, 3.05) is 6.61 Å². The van der Waals surface area contributed by atoms with Gasteiger partial charge in [-0.05, 0) is 20.3 Å². The molecule has 66 valence electrons. The van der Waals surface area contributed by atoms with E-state index < -0.39 is 4.32 Å². The Hall–Kier alpha value is -0.0500. The number of carbonyl (C=O) groups excluding carboxylic acids is 1. The third kappa shape index (κ3) is 5.24. The Bertz CT molecular complexity index is 127. The number of alkyl halides is 1. The summed E-state index contributed by atoms with van der Waals surface area (Å²) < 4.78 is 4.42. The first kappa shape index (κ1) is 11.0. The van der Waals surface area contributed by atoms with E-state index in [1.165, 1.54) is 0 Å². The summed E-state index contributed by atoms with van der Waals surface area (Å²) in [5, 5.41) is 0. The second kappa shape index (κ2) is 4.75. The van der Waals surface area contributed by atoms with E-state index in [2.05, 4.69) is 22.9 Å². The van der Waals surface area contributed by atoms with Gasteiger partial charge in [0.1, 0.15) is 4.32 Å². The highest BCUT2D eigenvalue weighted by Gasteiger charge is 2.24. The van der Waals surface area contributed by atoms with Crippen LogP contribution in [0.1, 0.15) is 33.6 Å². The minimum atomic E-state index is -0.541. The zero-order chi connectivity index (χ0) is 8.91. The molecular weight excluding hydrogens is 208 g/mol. The fourth-order valence-corrected chi connectivity index (χ4v) is 0.595. The van der Waals surface area contributed by atoms with Gasteiger partial charge >= 0.3 is 5.97 Å². The molecule has 0 aromatic carbocycles. The van der Waals surface area contributed by atoms with E-state index in [4.69, 9.17) is 4.74 Å². The van der Waals surface area contributed by atoms with Gasteiger partial charge in [-0.25, -0.2) is 0 Å². The zero-order valence-electron chi connectivity index (χ0n) is 7.32. The van der Waals surface area contributed by atoms with Gasteiger partial charge in [0.15, 0.2) is 0 Å². The van der Waals surface area contributed by atoms with Crippen LogP contribution in [0.5, 0.6) is 0 Å². The van der Waals surface area contributed by atoms with E-state index in [9.17, 15) is 4.79 Å². The summed E-state index contributed by atoms with van der Waals surface area (Å²) >= 11 is 3.22. The highest BCUT2D eigenvalue weighted by Crippen LogP contribution is 2.17. The lowest BCUT2D eigenvalue weighted by atomic mass is 10.2. The van der Waals surface area contributed by atoms with Gasteiger partial charge in [-0.3, -0.25) is 4.79 Å². The number of hydrogen-bond acceptors (Lipinski definition) is 2. The molecule has 0 aromatic rings. The van der Waals surface area contributed by atoms with Crippen LogP contribution in [0.3, 0.4) is 0 Å². The van der Waals surface area contributed by atoms with Crippen molar-refractivity contribution in [3.8, 4) is 0 Å². The van der Waals surface area contributed by atoms with Crippen LogP contribution in [-0.4, -0.2) is 16.9 Å². The minimum absolute atomic E-state index is 0.189. The average Bonchev–Trinajstić information content (AvgIpc) is 1.86. The quantitative estimate of drug-likeness (QED) is 0.415. The fourth-order valence-electron chi connectivity index (χ4n) is 0.481. The molecule has 0 fully saturated rings.